The average Bonchev–Trinajstić information content (AvgIpc) is 2.57. The molecule has 3 rings (SSSR count). The zero-order chi connectivity index (χ0) is 16.1. The largest absolute Gasteiger partial charge is 0.461 e. The lowest BCUT2D eigenvalue weighted by atomic mass is 10.2. The molecule has 2 aromatic carbocycles. The second kappa shape index (κ2) is 6.96. The third-order valence-electron chi connectivity index (χ3n) is 3.55. The summed E-state index contributed by atoms with van der Waals surface area (Å²) in [5, 5.41) is 2.87. The van der Waals surface area contributed by atoms with Crippen LogP contribution < -0.4 is 5.32 Å². The zero-order valence-corrected chi connectivity index (χ0v) is 13.0. The number of carbonyl (C=O) groups is 1. The molecule has 1 fully saturated rings. The summed E-state index contributed by atoms with van der Waals surface area (Å²) < 4.78 is 5.78. The maximum absolute atomic E-state index is 12.5. The number of rotatable bonds is 2. The molecule has 1 heterocycles. The van der Waals surface area contributed by atoms with E-state index in [9.17, 15) is 4.79 Å². The van der Waals surface area contributed by atoms with Gasteiger partial charge in [-0.15, -0.1) is 0 Å². The van der Waals surface area contributed by atoms with Crippen molar-refractivity contribution in [3.63, 3.8) is 0 Å². The van der Waals surface area contributed by atoms with Gasteiger partial charge in [-0.2, -0.15) is 4.99 Å². The van der Waals surface area contributed by atoms with E-state index in [0.29, 0.717) is 12.6 Å². The van der Waals surface area contributed by atoms with Gasteiger partial charge in [0.25, 0.3) is 0 Å². The Morgan fingerprint density at radius 2 is 1.78 bits per heavy atom. The molecule has 23 heavy (non-hydrogen) atoms. The molecule has 1 aliphatic rings. The number of amides is 2. The van der Waals surface area contributed by atoms with E-state index < -0.39 is 0 Å². The van der Waals surface area contributed by atoms with Crippen LogP contribution in [-0.4, -0.2) is 29.6 Å². The lowest BCUT2D eigenvalue weighted by Gasteiger charge is -2.31. The number of para-hydroxylation sites is 2. The molecule has 0 radical (unpaired) electrons. The van der Waals surface area contributed by atoms with Crippen LogP contribution in [0.25, 0.3) is 0 Å². The predicted octanol–water partition coefficient (Wildman–Crippen LogP) is 4.02. The van der Waals surface area contributed by atoms with Crippen LogP contribution in [0.1, 0.15) is 13.3 Å². The molecular weight excluding hydrogens is 290 g/mol. The highest BCUT2D eigenvalue weighted by Crippen LogP contribution is 2.18. The summed E-state index contributed by atoms with van der Waals surface area (Å²) in [6.07, 6.45) is 0.814. The van der Waals surface area contributed by atoms with Crippen molar-refractivity contribution in [3.05, 3.63) is 60.7 Å². The van der Waals surface area contributed by atoms with Gasteiger partial charge in [0.05, 0.1) is 5.69 Å². The number of nitrogens with one attached hydrogen (secondary N) is 1. The summed E-state index contributed by atoms with van der Waals surface area (Å²) in [6.45, 7) is 2.55. The minimum Gasteiger partial charge on any atom is -0.461 e. The molecule has 0 aliphatic carbocycles. The molecule has 0 aromatic heterocycles. The Kier molecular flexibility index (Phi) is 4.57. The van der Waals surface area contributed by atoms with E-state index in [1.165, 1.54) is 0 Å². The van der Waals surface area contributed by atoms with Crippen LogP contribution in [0.2, 0.25) is 0 Å². The van der Waals surface area contributed by atoms with E-state index in [2.05, 4.69) is 10.3 Å². The second-order valence-electron chi connectivity index (χ2n) is 5.39. The predicted molar refractivity (Wildman–Crippen MR) is 90.9 cm³/mol. The van der Waals surface area contributed by atoms with E-state index in [-0.39, 0.29) is 12.1 Å². The van der Waals surface area contributed by atoms with Crippen molar-refractivity contribution < 1.29 is 9.53 Å². The van der Waals surface area contributed by atoms with Crippen LogP contribution in [0.3, 0.4) is 0 Å². The van der Waals surface area contributed by atoms with Gasteiger partial charge in [-0.25, -0.2) is 9.69 Å². The van der Waals surface area contributed by atoms with Gasteiger partial charge < -0.3 is 10.1 Å². The van der Waals surface area contributed by atoms with Crippen LogP contribution in [-0.2, 0) is 4.74 Å². The lowest BCUT2D eigenvalue weighted by molar-refractivity contribution is 0.119. The SMILES string of the molecule is CC1CCN(C(=O)Nc2ccccc2)C(=Nc2ccccc2)O1. The molecular formula is C18H19N3O2. The third-order valence-corrected chi connectivity index (χ3v) is 3.55. The topological polar surface area (TPSA) is 53.9 Å². The Morgan fingerprint density at radius 3 is 2.48 bits per heavy atom. The van der Waals surface area contributed by atoms with Gasteiger partial charge >= 0.3 is 12.1 Å². The molecule has 1 aliphatic heterocycles. The van der Waals surface area contributed by atoms with E-state index in [0.717, 1.165) is 17.8 Å². The van der Waals surface area contributed by atoms with E-state index in [4.69, 9.17) is 4.74 Å². The van der Waals surface area contributed by atoms with Gasteiger partial charge in [0.1, 0.15) is 6.10 Å². The van der Waals surface area contributed by atoms with Crippen LogP contribution in [0.15, 0.2) is 65.7 Å². The number of aliphatic imine (C=N–C) groups is 1. The summed E-state index contributed by atoms with van der Waals surface area (Å²) in [7, 11) is 0. The van der Waals surface area contributed by atoms with Gasteiger partial charge in [0.15, 0.2) is 0 Å². The summed E-state index contributed by atoms with van der Waals surface area (Å²) in [6, 6.07) is 18.9. The number of hydrogen-bond donors (Lipinski definition) is 1. The highest BCUT2D eigenvalue weighted by molar-refractivity contribution is 6.01. The van der Waals surface area contributed by atoms with Gasteiger partial charge in [0, 0.05) is 18.7 Å². The van der Waals surface area contributed by atoms with Crippen LogP contribution >= 0.6 is 0 Å². The van der Waals surface area contributed by atoms with E-state index in [1.807, 2.05) is 67.6 Å². The first-order valence-corrected chi connectivity index (χ1v) is 7.66. The number of hydrogen-bond acceptors (Lipinski definition) is 3. The summed E-state index contributed by atoms with van der Waals surface area (Å²) in [5.74, 6) is 0. The van der Waals surface area contributed by atoms with Crippen molar-refractivity contribution >= 4 is 23.4 Å². The molecule has 1 N–H and O–H groups in total. The number of benzene rings is 2. The number of carbonyl (C=O) groups excluding carboxylic acids is 1. The number of amidine groups is 1. The summed E-state index contributed by atoms with van der Waals surface area (Å²) in [5.41, 5.74) is 1.50. The number of nitrogens with zero attached hydrogens (tertiary/aromatic N) is 2. The molecule has 2 aromatic rings. The van der Waals surface area contributed by atoms with Crippen molar-refractivity contribution in [1.29, 1.82) is 0 Å². The molecule has 5 nitrogen and oxygen atoms in total. The highest BCUT2D eigenvalue weighted by atomic mass is 16.5. The minimum absolute atomic E-state index is 0.0400. The fourth-order valence-corrected chi connectivity index (χ4v) is 2.31. The smallest absolute Gasteiger partial charge is 0.329 e. The Labute approximate surface area is 135 Å². The van der Waals surface area contributed by atoms with Crippen LogP contribution in [0.5, 0.6) is 0 Å². The van der Waals surface area contributed by atoms with Crippen LogP contribution in [0, 0.1) is 0 Å². The van der Waals surface area contributed by atoms with Gasteiger partial charge in [-0.1, -0.05) is 36.4 Å². The fraction of sp³-hybridized carbons (Fsp3) is 0.222. The van der Waals surface area contributed by atoms with Gasteiger partial charge in [0.2, 0.25) is 0 Å². The van der Waals surface area contributed by atoms with Crippen molar-refractivity contribution in [2.24, 2.45) is 4.99 Å². The number of anilines is 1. The maximum atomic E-state index is 12.5. The first-order valence-electron chi connectivity index (χ1n) is 7.66. The van der Waals surface area contributed by atoms with Gasteiger partial charge in [-0.3, -0.25) is 0 Å². The molecule has 0 bridgehead atoms. The Bertz CT molecular complexity index is 686. The Morgan fingerprint density at radius 1 is 1.13 bits per heavy atom. The second-order valence-corrected chi connectivity index (χ2v) is 5.39. The quantitative estimate of drug-likeness (QED) is 0.911. The molecule has 5 heteroatoms. The summed E-state index contributed by atoms with van der Waals surface area (Å²) >= 11 is 0. The minimum atomic E-state index is -0.238. The first-order chi connectivity index (χ1) is 11.2. The van der Waals surface area contributed by atoms with Crippen molar-refractivity contribution in [3.8, 4) is 0 Å². The van der Waals surface area contributed by atoms with E-state index >= 15 is 0 Å². The number of ether oxygens (including phenoxy) is 1. The molecule has 1 atom stereocenters. The monoisotopic (exact) mass is 309 g/mol. The first kappa shape index (κ1) is 15.1. The normalized spacial score (nSPS) is 19.3. The molecule has 0 saturated carbocycles. The van der Waals surface area contributed by atoms with Crippen LogP contribution in [0.4, 0.5) is 16.2 Å². The maximum Gasteiger partial charge on any atom is 0.329 e. The summed E-state index contributed by atoms with van der Waals surface area (Å²) in [4.78, 5) is 18.5. The molecule has 1 unspecified atom stereocenters. The Hall–Kier alpha value is -2.82. The lowest BCUT2D eigenvalue weighted by Crippen LogP contribution is -2.47. The van der Waals surface area contributed by atoms with E-state index in [1.54, 1.807) is 4.90 Å². The van der Waals surface area contributed by atoms with Gasteiger partial charge in [-0.05, 0) is 31.2 Å². The Balaban J connectivity index is 1.80. The van der Waals surface area contributed by atoms with Crippen molar-refractivity contribution in [1.82, 2.24) is 4.90 Å². The standard InChI is InChI=1S/C18H19N3O2/c1-14-12-13-21(17(22)19-15-8-4-2-5-9-15)18(23-14)20-16-10-6-3-7-11-16/h2-11,14H,12-13H2,1H3,(H,19,22). The fourth-order valence-electron chi connectivity index (χ4n) is 2.31. The average molecular weight is 309 g/mol. The molecule has 1 saturated heterocycles. The molecule has 2 amide bonds. The third kappa shape index (κ3) is 3.88. The number of urea groups is 1. The van der Waals surface area contributed by atoms with Crippen molar-refractivity contribution in [2.75, 3.05) is 11.9 Å². The molecule has 0 spiro atoms. The van der Waals surface area contributed by atoms with Crippen molar-refractivity contribution in [2.45, 2.75) is 19.4 Å². The highest BCUT2D eigenvalue weighted by Gasteiger charge is 2.28. The molecule has 118 valence electrons. The zero-order valence-electron chi connectivity index (χ0n) is 13.0.